The van der Waals surface area contributed by atoms with Gasteiger partial charge in [0.2, 0.25) is 20.0 Å². The van der Waals surface area contributed by atoms with Crippen molar-refractivity contribution in [2.45, 2.75) is 11.3 Å². The van der Waals surface area contributed by atoms with Crippen molar-refractivity contribution >= 4 is 36.0 Å². The summed E-state index contributed by atoms with van der Waals surface area (Å²) in [6, 6.07) is 6.65. The van der Waals surface area contributed by atoms with Crippen LogP contribution in [-0.4, -0.2) is 40.8 Å². The van der Waals surface area contributed by atoms with Gasteiger partial charge in [0.1, 0.15) is 0 Å². The van der Waals surface area contributed by atoms with Crippen molar-refractivity contribution < 1.29 is 16.8 Å². The molecule has 0 unspecified atom stereocenters. The lowest BCUT2D eigenvalue weighted by Crippen LogP contribution is -2.32. The first-order chi connectivity index (χ1) is 10.3. The van der Waals surface area contributed by atoms with Gasteiger partial charge in [0, 0.05) is 29.5 Å². The molecule has 0 saturated carbocycles. The average molecular weight is 409 g/mol. The number of sulfonamides is 2. The highest BCUT2D eigenvalue weighted by Crippen LogP contribution is 2.28. The summed E-state index contributed by atoms with van der Waals surface area (Å²) in [7, 11) is -7.05. The number of hydrogen-bond donors (Lipinski definition) is 1. The van der Waals surface area contributed by atoms with Gasteiger partial charge in [-0.15, -0.1) is 0 Å². The van der Waals surface area contributed by atoms with Gasteiger partial charge in [0.25, 0.3) is 0 Å². The van der Waals surface area contributed by atoms with E-state index in [0.717, 1.165) is 5.41 Å². The average Bonchev–Trinajstić information content (AvgIpc) is 2.95. The summed E-state index contributed by atoms with van der Waals surface area (Å²) in [5.41, 5.74) is 0. The number of benzene rings is 1. The zero-order valence-electron chi connectivity index (χ0n) is 11.8. The zero-order valence-corrected chi connectivity index (χ0v) is 15.0. The van der Waals surface area contributed by atoms with Crippen molar-refractivity contribution in [3.05, 3.63) is 40.7 Å². The lowest BCUT2D eigenvalue weighted by atomic mass is 10.1. The second-order valence-electron chi connectivity index (χ2n) is 5.01. The van der Waals surface area contributed by atoms with Gasteiger partial charge in [-0.2, -0.15) is 4.31 Å². The lowest BCUT2D eigenvalue weighted by molar-refractivity contribution is 0.454. The van der Waals surface area contributed by atoms with Gasteiger partial charge >= 0.3 is 0 Å². The fraction of sp³-hybridized carbons (Fsp3) is 0.385. The Balaban J connectivity index is 2.07. The number of nitrogens with one attached hydrogen (secondary N) is 1. The van der Waals surface area contributed by atoms with Gasteiger partial charge in [0.05, 0.1) is 4.90 Å². The first-order valence-electron chi connectivity index (χ1n) is 6.63. The minimum Gasteiger partial charge on any atom is -0.211 e. The predicted octanol–water partition coefficient (Wildman–Crippen LogP) is 1.52. The van der Waals surface area contributed by atoms with Crippen LogP contribution in [-0.2, 0) is 20.0 Å². The summed E-state index contributed by atoms with van der Waals surface area (Å²) < 4.78 is 52.2. The van der Waals surface area contributed by atoms with E-state index in [1.807, 2.05) is 0 Å². The van der Waals surface area contributed by atoms with E-state index in [1.54, 1.807) is 24.3 Å². The number of hydrogen-bond acceptors (Lipinski definition) is 4. The van der Waals surface area contributed by atoms with Gasteiger partial charge in [-0.1, -0.05) is 18.7 Å². The monoisotopic (exact) mass is 408 g/mol. The largest absolute Gasteiger partial charge is 0.244 e. The maximum atomic E-state index is 12.6. The van der Waals surface area contributed by atoms with Crippen LogP contribution in [0, 0.1) is 5.92 Å². The van der Waals surface area contributed by atoms with Crippen molar-refractivity contribution in [2.75, 3.05) is 19.6 Å². The molecule has 1 heterocycles. The van der Waals surface area contributed by atoms with Crippen molar-refractivity contribution in [3.8, 4) is 0 Å². The Morgan fingerprint density at radius 3 is 2.64 bits per heavy atom. The Kier molecular flexibility index (Phi) is 5.44. The highest BCUT2D eigenvalue weighted by Gasteiger charge is 2.33. The molecule has 1 atom stereocenters. The molecule has 6 nitrogen and oxygen atoms in total. The molecule has 2 rings (SSSR count). The van der Waals surface area contributed by atoms with Gasteiger partial charge in [0.15, 0.2) is 0 Å². The molecule has 1 aromatic rings. The summed E-state index contributed by atoms with van der Waals surface area (Å²) in [5.74, 6) is -0.0491. The van der Waals surface area contributed by atoms with Crippen molar-refractivity contribution in [1.29, 1.82) is 0 Å². The summed E-state index contributed by atoms with van der Waals surface area (Å²) in [6.07, 6.45) is 0.614. The predicted molar refractivity (Wildman–Crippen MR) is 88.1 cm³/mol. The van der Waals surface area contributed by atoms with Crippen LogP contribution >= 0.6 is 15.9 Å². The molecule has 1 fully saturated rings. The highest BCUT2D eigenvalue weighted by molar-refractivity contribution is 9.10. The van der Waals surface area contributed by atoms with Crippen LogP contribution in [0.4, 0.5) is 0 Å². The Morgan fingerprint density at radius 1 is 1.32 bits per heavy atom. The van der Waals surface area contributed by atoms with E-state index >= 15 is 0 Å². The molecule has 1 aliphatic heterocycles. The Morgan fingerprint density at radius 2 is 2.00 bits per heavy atom. The van der Waals surface area contributed by atoms with Crippen LogP contribution < -0.4 is 4.72 Å². The summed E-state index contributed by atoms with van der Waals surface area (Å²) in [5, 5.41) is 0.845. The fourth-order valence-electron chi connectivity index (χ4n) is 2.27. The van der Waals surface area contributed by atoms with E-state index < -0.39 is 20.0 Å². The maximum absolute atomic E-state index is 12.6. The molecular formula is C13H17BrN2O4S2. The van der Waals surface area contributed by atoms with Gasteiger partial charge in [-0.3, -0.25) is 0 Å². The Hall–Kier alpha value is -0.740. The van der Waals surface area contributed by atoms with Crippen molar-refractivity contribution in [3.63, 3.8) is 0 Å². The third kappa shape index (κ3) is 3.96. The van der Waals surface area contributed by atoms with Crippen LogP contribution in [0.2, 0.25) is 0 Å². The van der Waals surface area contributed by atoms with Gasteiger partial charge in [-0.05, 0) is 40.4 Å². The minimum atomic E-state index is -3.57. The van der Waals surface area contributed by atoms with Crippen molar-refractivity contribution in [2.24, 2.45) is 5.92 Å². The summed E-state index contributed by atoms with van der Waals surface area (Å²) >= 11 is 3.25. The van der Waals surface area contributed by atoms with E-state index in [-0.39, 0.29) is 17.4 Å². The summed E-state index contributed by atoms with van der Waals surface area (Å²) in [4.78, 5) is 0.224. The van der Waals surface area contributed by atoms with E-state index in [9.17, 15) is 16.8 Å². The van der Waals surface area contributed by atoms with E-state index in [2.05, 4.69) is 27.2 Å². The molecule has 0 radical (unpaired) electrons. The number of halogens is 1. The molecule has 1 aromatic carbocycles. The molecule has 122 valence electrons. The van der Waals surface area contributed by atoms with Crippen molar-refractivity contribution in [1.82, 2.24) is 9.03 Å². The normalized spacial score (nSPS) is 20.1. The molecule has 1 saturated heterocycles. The molecule has 0 bridgehead atoms. The molecule has 0 spiro atoms. The second-order valence-corrected chi connectivity index (χ2v) is 9.48. The fourth-order valence-corrected chi connectivity index (χ4v) is 5.35. The maximum Gasteiger partial charge on any atom is 0.244 e. The van der Waals surface area contributed by atoms with Crippen LogP contribution in [0.15, 0.2) is 45.6 Å². The first-order valence-corrected chi connectivity index (χ1v) is 10.4. The summed E-state index contributed by atoms with van der Waals surface area (Å²) in [6.45, 7) is 4.10. The molecule has 0 amide bonds. The minimum absolute atomic E-state index is 0.0491. The van der Waals surface area contributed by atoms with E-state index in [1.165, 1.54) is 4.31 Å². The van der Waals surface area contributed by atoms with E-state index in [0.29, 0.717) is 24.0 Å². The number of nitrogens with zero attached hydrogens (tertiary/aromatic N) is 1. The van der Waals surface area contributed by atoms with Crippen LogP contribution in [0.25, 0.3) is 0 Å². The van der Waals surface area contributed by atoms with Gasteiger partial charge < -0.3 is 0 Å². The van der Waals surface area contributed by atoms with Crippen LogP contribution in [0.3, 0.4) is 0 Å². The molecular weight excluding hydrogens is 392 g/mol. The van der Waals surface area contributed by atoms with Crippen LogP contribution in [0.5, 0.6) is 0 Å². The molecule has 22 heavy (non-hydrogen) atoms. The Labute approximate surface area is 139 Å². The first kappa shape index (κ1) is 17.6. The highest BCUT2D eigenvalue weighted by atomic mass is 79.9. The SMILES string of the molecule is C=CS(=O)(=O)NC[C@H]1CCN(S(=O)(=O)c2ccccc2Br)C1. The quantitative estimate of drug-likeness (QED) is 0.773. The third-order valence-electron chi connectivity index (χ3n) is 3.50. The molecule has 0 aromatic heterocycles. The number of rotatable bonds is 6. The third-order valence-corrected chi connectivity index (χ3v) is 7.38. The zero-order chi connectivity index (χ0) is 16.4. The lowest BCUT2D eigenvalue weighted by Gasteiger charge is -2.17. The smallest absolute Gasteiger partial charge is 0.211 e. The molecule has 1 N–H and O–H groups in total. The molecule has 1 aliphatic rings. The topological polar surface area (TPSA) is 83.6 Å². The standard InChI is InChI=1S/C13H17BrN2O4S2/c1-2-21(17,18)15-9-11-7-8-16(10-11)22(19,20)13-6-4-3-5-12(13)14/h2-6,11,15H,1,7-10H2/t11-/m1/s1. The molecule has 0 aliphatic carbocycles. The van der Waals surface area contributed by atoms with E-state index in [4.69, 9.17) is 0 Å². The second kappa shape index (κ2) is 6.79. The van der Waals surface area contributed by atoms with Crippen LogP contribution in [0.1, 0.15) is 6.42 Å². The Bertz CT molecular complexity index is 762. The van der Waals surface area contributed by atoms with Gasteiger partial charge in [-0.25, -0.2) is 21.6 Å². The molecule has 9 heteroatoms.